The minimum absolute atomic E-state index is 0.321. The highest BCUT2D eigenvalue weighted by Crippen LogP contribution is 2.36. The molecule has 1 fully saturated rings. The third-order valence-corrected chi connectivity index (χ3v) is 5.04. The molecule has 0 unspecified atom stereocenters. The first kappa shape index (κ1) is 19.3. The Labute approximate surface area is 174 Å². The molecule has 0 aromatic carbocycles. The quantitative estimate of drug-likeness (QED) is 0.598. The van der Waals surface area contributed by atoms with E-state index in [4.69, 9.17) is 16.3 Å². The van der Waals surface area contributed by atoms with Gasteiger partial charge < -0.3 is 9.64 Å². The lowest BCUT2D eigenvalue weighted by molar-refractivity contribution is -0.0613. The van der Waals surface area contributed by atoms with Crippen LogP contribution < -0.4 is 0 Å². The normalized spacial score (nSPS) is 15.8. The molecule has 0 bridgehead atoms. The number of fused-ring (bicyclic) bond motifs is 1. The molecule has 0 atom stereocenters. The Kier molecular flexibility index (Phi) is 4.50. The van der Waals surface area contributed by atoms with Gasteiger partial charge in [0.1, 0.15) is 22.0 Å². The van der Waals surface area contributed by atoms with E-state index < -0.39 is 5.54 Å². The molecule has 1 aliphatic rings. The summed E-state index contributed by atoms with van der Waals surface area (Å²) >= 11 is 6.15. The standard InChI is InChI=1S/C20H22ClN7O/c1-14(29-19(2,3)4)26-12-20(13-26,6-7-22)28-10-15(9-24-28)18-16-5-8-23-27(16)11-17(21)25-18/h5,8-11H,1,6,12-13H2,2-4H3. The second-order valence-corrected chi connectivity index (χ2v) is 8.66. The van der Waals surface area contributed by atoms with E-state index in [0.29, 0.717) is 36.2 Å². The first-order valence-corrected chi connectivity index (χ1v) is 9.64. The number of rotatable bonds is 5. The average molecular weight is 412 g/mol. The van der Waals surface area contributed by atoms with Crippen LogP contribution in [-0.4, -0.2) is 48.0 Å². The Morgan fingerprint density at radius 1 is 1.34 bits per heavy atom. The zero-order valence-electron chi connectivity index (χ0n) is 16.6. The van der Waals surface area contributed by atoms with Crippen molar-refractivity contribution in [3.63, 3.8) is 0 Å². The number of nitriles is 1. The SMILES string of the molecule is C=C(OC(C)(C)C)N1CC(CC#N)(n2cc(-c3nc(Cl)cn4nccc34)cn2)C1. The van der Waals surface area contributed by atoms with Crippen LogP contribution in [-0.2, 0) is 10.3 Å². The number of nitrogens with zero attached hydrogens (tertiary/aromatic N) is 7. The van der Waals surface area contributed by atoms with Gasteiger partial charge in [0.25, 0.3) is 0 Å². The summed E-state index contributed by atoms with van der Waals surface area (Å²) in [4.78, 5) is 6.48. The summed E-state index contributed by atoms with van der Waals surface area (Å²) in [6.07, 6.45) is 7.34. The first-order chi connectivity index (χ1) is 13.7. The zero-order valence-corrected chi connectivity index (χ0v) is 17.4. The number of hydrogen-bond acceptors (Lipinski definition) is 6. The highest BCUT2D eigenvalue weighted by atomic mass is 35.5. The van der Waals surface area contributed by atoms with Gasteiger partial charge in [-0.3, -0.25) is 4.68 Å². The largest absolute Gasteiger partial charge is 0.474 e. The van der Waals surface area contributed by atoms with Crippen LogP contribution in [0.5, 0.6) is 0 Å². The predicted octanol–water partition coefficient (Wildman–Crippen LogP) is 3.46. The van der Waals surface area contributed by atoms with E-state index in [1.54, 1.807) is 23.1 Å². The number of likely N-dealkylation sites (tertiary alicyclic amines) is 1. The molecule has 29 heavy (non-hydrogen) atoms. The molecule has 4 heterocycles. The molecule has 3 aromatic rings. The molecule has 0 spiro atoms. The molecule has 1 saturated heterocycles. The van der Waals surface area contributed by atoms with Gasteiger partial charge in [0, 0.05) is 24.8 Å². The summed E-state index contributed by atoms with van der Waals surface area (Å²) in [6, 6.07) is 4.17. The molecule has 0 radical (unpaired) electrons. The van der Waals surface area contributed by atoms with Crippen LogP contribution in [0, 0.1) is 11.3 Å². The van der Waals surface area contributed by atoms with Gasteiger partial charge in [-0.1, -0.05) is 11.6 Å². The highest BCUT2D eigenvalue weighted by Gasteiger charge is 2.47. The first-order valence-electron chi connectivity index (χ1n) is 9.26. The van der Waals surface area contributed by atoms with E-state index in [1.165, 1.54) is 0 Å². The molecular weight excluding hydrogens is 390 g/mol. The Morgan fingerprint density at radius 3 is 2.79 bits per heavy atom. The third-order valence-electron chi connectivity index (χ3n) is 4.86. The molecule has 150 valence electrons. The molecular formula is C20H22ClN7O. The lowest BCUT2D eigenvalue weighted by atomic mass is 9.87. The van der Waals surface area contributed by atoms with E-state index in [-0.39, 0.29) is 5.60 Å². The number of ether oxygens (including phenoxy) is 1. The van der Waals surface area contributed by atoms with Crippen LogP contribution in [0.25, 0.3) is 16.8 Å². The average Bonchev–Trinajstić information content (AvgIpc) is 3.24. The van der Waals surface area contributed by atoms with Crippen molar-refractivity contribution >= 4 is 17.1 Å². The fourth-order valence-corrected chi connectivity index (χ4v) is 3.74. The summed E-state index contributed by atoms with van der Waals surface area (Å²) < 4.78 is 9.40. The molecule has 0 N–H and O–H groups in total. The van der Waals surface area contributed by atoms with Gasteiger partial charge >= 0.3 is 0 Å². The van der Waals surface area contributed by atoms with Crippen molar-refractivity contribution in [3.8, 4) is 17.3 Å². The Hall–Kier alpha value is -3.05. The van der Waals surface area contributed by atoms with E-state index in [0.717, 1.165) is 11.1 Å². The number of aromatic nitrogens is 5. The zero-order chi connectivity index (χ0) is 20.8. The van der Waals surface area contributed by atoms with E-state index >= 15 is 0 Å². The summed E-state index contributed by atoms with van der Waals surface area (Å²) in [5.74, 6) is 0.607. The maximum Gasteiger partial charge on any atom is 0.182 e. The topological polar surface area (TPSA) is 84.3 Å². The molecule has 8 nitrogen and oxygen atoms in total. The molecule has 4 rings (SSSR count). The molecule has 0 amide bonds. The maximum atomic E-state index is 9.41. The van der Waals surface area contributed by atoms with Crippen molar-refractivity contribution < 1.29 is 4.74 Å². The fourth-order valence-electron chi connectivity index (χ4n) is 3.56. The van der Waals surface area contributed by atoms with Crippen molar-refractivity contribution in [1.82, 2.24) is 29.3 Å². The monoisotopic (exact) mass is 411 g/mol. The van der Waals surface area contributed by atoms with Crippen molar-refractivity contribution in [3.05, 3.63) is 48.5 Å². The van der Waals surface area contributed by atoms with Gasteiger partial charge in [-0.15, -0.1) is 0 Å². The van der Waals surface area contributed by atoms with Crippen LogP contribution >= 0.6 is 11.6 Å². The van der Waals surface area contributed by atoms with Crippen molar-refractivity contribution in [1.29, 1.82) is 5.26 Å². The van der Waals surface area contributed by atoms with Crippen LogP contribution in [0.1, 0.15) is 27.2 Å². The van der Waals surface area contributed by atoms with Crippen LogP contribution in [0.4, 0.5) is 0 Å². The Bertz CT molecular complexity index is 1110. The second kappa shape index (κ2) is 6.78. The van der Waals surface area contributed by atoms with Gasteiger partial charge in [-0.05, 0) is 33.4 Å². The maximum absolute atomic E-state index is 9.41. The second-order valence-electron chi connectivity index (χ2n) is 8.27. The lowest BCUT2D eigenvalue weighted by Gasteiger charge is -2.50. The van der Waals surface area contributed by atoms with Gasteiger partial charge in [0.15, 0.2) is 5.88 Å². The van der Waals surface area contributed by atoms with Gasteiger partial charge in [-0.2, -0.15) is 15.5 Å². The number of hydrogen-bond donors (Lipinski definition) is 0. The Morgan fingerprint density at radius 2 is 2.10 bits per heavy atom. The molecule has 0 saturated carbocycles. The lowest BCUT2D eigenvalue weighted by Crippen LogP contribution is -2.62. The predicted molar refractivity (Wildman–Crippen MR) is 109 cm³/mol. The molecule has 3 aromatic heterocycles. The molecule has 0 aliphatic carbocycles. The Balaban J connectivity index is 1.61. The van der Waals surface area contributed by atoms with Gasteiger partial charge in [0.2, 0.25) is 0 Å². The molecule has 9 heteroatoms. The minimum Gasteiger partial charge on any atom is -0.474 e. The minimum atomic E-state index is -0.438. The fraction of sp³-hybridized carbons (Fsp3) is 0.400. The summed E-state index contributed by atoms with van der Waals surface area (Å²) in [5, 5.41) is 18.5. The van der Waals surface area contributed by atoms with Gasteiger partial charge in [-0.25, -0.2) is 9.50 Å². The smallest absolute Gasteiger partial charge is 0.182 e. The van der Waals surface area contributed by atoms with E-state index in [1.807, 2.05) is 42.6 Å². The third kappa shape index (κ3) is 3.54. The number of halogens is 1. The van der Waals surface area contributed by atoms with Crippen LogP contribution in [0.15, 0.2) is 43.3 Å². The van der Waals surface area contributed by atoms with Crippen molar-refractivity contribution in [2.45, 2.75) is 38.3 Å². The van der Waals surface area contributed by atoms with Gasteiger partial charge in [0.05, 0.1) is 36.6 Å². The summed E-state index contributed by atoms with van der Waals surface area (Å²) in [6.45, 7) is 11.2. The van der Waals surface area contributed by atoms with Crippen molar-refractivity contribution in [2.24, 2.45) is 0 Å². The molecule has 1 aliphatic heterocycles. The summed E-state index contributed by atoms with van der Waals surface area (Å²) in [7, 11) is 0. The highest BCUT2D eigenvalue weighted by molar-refractivity contribution is 6.29. The van der Waals surface area contributed by atoms with Crippen LogP contribution in [0.3, 0.4) is 0 Å². The van der Waals surface area contributed by atoms with E-state index in [2.05, 4.69) is 27.8 Å². The summed E-state index contributed by atoms with van der Waals surface area (Å²) in [5.41, 5.74) is 1.60. The van der Waals surface area contributed by atoms with E-state index in [9.17, 15) is 5.26 Å². The van der Waals surface area contributed by atoms with Crippen molar-refractivity contribution in [2.75, 3.05) is 13.1 Å². The van der Waals surface area contributed by atoms with Crippen LogP contribution in [0.2, 0.25) is 5.15 Å².